The Morgan fingerprint density at radius 1 is 1.12 bits per heavy atom. The first-order valence-electron chi connectivity index (χ1n) is 6.70. The van der Waals surface area contributed by atoms with Crippen molar-refractivity contribution in [2.24, 2.45) is 5.92 Å². The lowest BCUT2D eigenvalue weighted by Crippen LogP contribution is -2.50. The third-order valence-corrected chi connectivity index (χ3v) is 6.33. The van der Waals surface area contributed by atoms with Gasteiger partial charge in [-0.25, -0.2) is 8.42 Å². The Labute approximate surface area is 110 Å². The molecule has 0 aromatic carbocycles. The van der Waals surface area contributed by atoms with Crippen LogP contribution in [0.2, 0.25) is 0 Å². The number of alkyl halides is 1. The number of hydrogen-bond donors (Lipinski definition) is 0. The number of nitrogens with zero attached hydrogens (tertiary/aromatic N) is 1. The van der Waals surface area contributed by atoms with Gasteiger partial charge in [-0.2, -0.15) is 4.31 Å². The summed E-state index contributed by atoms with van der Waals surface area (Å²) in [6, 6.07) is 0.290. The smallest absolute Gasteiger partial charge is 0.212 e. The van der Waals surface area contributed by atoms with E-state index in [9.17, 15) is 8.42 Å². The molecule has 1 aliphatic carbocycles. The van der Waals surface area contributed by atoms with Crippen LogP contribution in [0.4, 0.5) is 0 Å². The molecule has 0 radical (unpaired) electrons. The van der Waals surface area contributed by atoms with E-state index in [2.05, 4.69) is 0 Å². The maximum absolute atomic E-state index is 12.3. The molecule has 0 aromatic rings. The van der Waals surface area contributed by atoms with E-state index in [-0.39, 0.29) is 11.8 Å². The van der Waals surface area contributed by atoms with Gasteiger partial charge in [0.25, 0.3) is 0 Å². The highest BCUT2D eigenvalue weighted by atomic mass is 35.5. The summed E-state index contributed by atoms with van der Waals surface area (Å²) in [5.41, 5.74) is 0. The first-order valence-corrected chi connectivity index (χ1v) is 8.85. The van der Waals surface area contributed by atoms with Crippen LogP contribution in [0.1, 0.15) is 44.9 Å². The summed E-state index contributed by atoms with van der Waals surface area (Å²) >= 11 is 5.60. The number of hydrogen-bond acceptors (Lipinski definition) is 2. The Morgan fingerprint density at radius 3 is 2.59 bits per heavy atom. The molecule has 17 heavy (non-hydrogen) atoms. The van der Waals surface area contributed by atoms with Crippen molar-refractivity contribution in [1.29, 1.82) is 0 Å². The summed E-state index contributed by atoms with van der Waals surface area (Å²) in [5.74, 6) is 1.27. The molecule has 0 unspecified atom stereocenters. The summed E-state index contributed by atoms with van der Waals surface area (Å²) in [6.07, 6.45) is 7.54. The highest BCUT2D eigenvalue weighted by Gasteiger charge is 2.38. The van der Waals surface area contributed by atoms with Crippen molar-refractivity contribution in [1.82, 2.24) is 4.31 Å². The summed E-state index contributed by atoms with van der Waals surface area (Å²) in [7, 11) is -3.07. The minimum atomic E-state index is -3.07. The van der Waals surface area contributed by atoms with Gasteiger partial charge in [-0.05, 0) is 38.0 Å². The molecule has 1 aliphatic heterocycles. The largest absolute Gasteiger partial charge is 0.214 e. The second-order valence-electron chi connectivity index (χ2n) is 5.22. The van der Waals surface area contributed by atoms with Gasteiger partial charge in [-0.15, -0.1) is 11.6 Å². The summed E-state index contributed by atoms with van der Waals surface area (Å²) in [5, 5.41) is 0. The quantitative estimate of drug-likeness (QED) is 0.742. The fourth-order valence-electron chi connectivity index (χ4n) is 3.28. The monoisotopic (exact) mass is 279 g/mol. The first kappa shape index (κ1) is 13.6. The van der Waals surface area contributed by atoms with Crippen LogP contribution >= 0.6 is 11.6 Å². The molecule has 2 atom stereocenters. The van der Waals surface area contributed by atoms with E-state index in [0.29, 0.717) is 18.2 Å². The maximum Gasteiger partial charge on any atom is 0.214 e. The van der Waals surface area contributed by atoms with Gasteiger partial charge in [-0.3, -0.25) is 0 Å². The fraction of sp³-hybridized carbons (Fsp3) is 1.00. The van der Waals surface area contributed by atoms with Crippen molar-refractivity contribution < 1.29 is 8.42 Å². The van der Waals surface area contributed by atoms with Crippen molar-refractivity contribution in [2.45, 2.75) is 51.0 Å². The Morgan fingerprint density at radius 2 is 1.82 bits per heavy atom. The molecule has 2 rings (SSSR count). The molecule has 0 spiro atoms. The molecule has 2 fully saturated rings. The van der Waals surface area contributed by atoms with Crippen molar-refractivity contribution in [3.8, 4) is 0 Å². The van der Waals surface area contributed by atoms with Crippen LogP contribution < -0.4 is 0 Å². The lowest BCUT2D eigenvalue weighted by Gasteiger charge is -2.43. The van der Waals surface area contributed by atoms with Crippen molar-refractivity contribution >= 4 is 21.6 Å². The maximum atomic E-state index is 12.3. The molecule has 0 amide bonds. The van der Waals surface area contributed by atoms with Crippen LogP contribution in [0.5, 0.6) is 0 Å². The van der Waals surface area contributed by atoms with Gasteiger partial charge in [0.1, 0.15) is 0 Å². The lowest BCUT2D eigenvalue weighted by atomic mass is 9.79. The van der Waals surface area contributed by atoms with Gasteiger partial charge in [0.05, 0.1) is 5.75 Å². The Hall–Kier alpha value is 0.200. The molecule has 1 saturated heterocycles. The van der Waals surface area contributed by atoms with Gasteiger partial charge < -0.3 is 0 Å². The molecule has 2 aliphatic rings. The zero-order valence-electron chi connectivity index (χ0n) is 10.3. The molecule has 0 aromatic heterocycles. The molecule has 0 N–H and O–H groups in total. The van der Waals surface area contributed by atoms with Crippen LogP contribution in [-0.4, -0.2) is 36.9 Å². The number of rotatable bonds is 4. The van der Waals surface area contributed by atoms with Gasteiger partial charge >= 0.3 is 0 Å². The number of halogens is 1. The van der Waals surface area contributed by atoms with Gasteiger partial charge in [0, 0.05) is 18.5 Å². The normalized spacial score (nSPS) is 31.1. The minimum Gasteiger partial charge on any atom is -0.212 e. The van der Waals surface area contributed by atoms with E-state index in [4.69, 9.17) is 11.6 Å². The van der Waals surface area contributed by atoms with Crippen LogP contribution in [0.3, 0.4) is 0 Å². The van der Waals surface area contributed by atoms with E-state index in [1.165, 1.54) is 25.7 Å². The Bertz CT molecular complexity index is 342. The first-order chi connectivity index (χ1) is 8.15. The molecular formula is C12H22ClNO2S. The Balaban J connectivity index is 2.07. The third kappa shape index (κ3) is 3.15. The predicted octanol–water partition coefficient (Wildman–Crippen LogP) is 2.60. The van der Waals surface area contributed by atoms with Crippen molar-refractivity contribution in [3.63, 3.8) is 0 Å². The lowest BCUT2D eigenvalue weighted by molar-refractivity contribution is 0.129. The molecule has 1 heterocycles. The number of sulfonamides is 1. The highest BCUT2D eigenvalue weighted by molar-refractivity contribution is 7.89. The SMILES string of the molecule is O=S(=O)(CCCCl)N1CCC[C@H]2CCCC[C@H]21. The second-order valence-corrected chi connectivity index (χ2v) is 7.64. The van der Waals surface area contributed by atoms with E-state index in [1.54, 1.807) is 4.31 Å². The Kier molecular flexibility index (Phi) is 4.72. The van der Waals surface area contributed by atoms with Crippen LogP contribution in [0, 0.1) is 5.92 Å². The van der Waals surface area contributed by atoms with Gasteiger partial charge in [-0.1, -0.05) is 12.8 Å². The average Bonchev–Trinajstić information content (AvgIpc) is 2.36. The van der Waals surface area contributed by atoms with E-state index >= 15 is 0 Å². The second kappa shape index (κ2) is 5.89. The molecule has 1 saturated carbocycles. The standard InChI is InChI=1S/C12H22ClNO2S/c13-8-4-10-17(15,16)14-9-3-6-11-5-1-2-7-12(11)14/h11-12H,1-10H2/t11-,12-/m1/s1. The third-order valence-electron chi connectivity index (χ3n) is 4.09. The minimum absolute atomic E-state index is 0.222. The van der Waals surface area contributed by atoms with Crippen molar-refractivity contribution in [3.05, 3.63) is 0 Å². The number of piperidine rings is 1. The molecule has 3 nitrogen and oxygen atoms in total. The zero-order valence-corrected chi connectivity index (χ0v) is 11.8. The van der Waals surface area contributed by atoms with E-state index in [0.717, 1.165) is 19.4 Å². The van der Waals surface area contributed by atoms with E-state index in [1.807, 2.05) is 0 Å². The topological polar surface area (TPSA) is 37.4 Å². The van der Waals surface area contributed by atoms with Gasteiger partial charge in [0.15, 0.2) is 0 Å². The van der Waals surface area contributed by atoms with Gasteiger partial charge in [0.2, 0.25) is 10.0 Å². The van der Waals surface area contributed by atoms with Crippen molar-refractivity contribution in [2.75, 3.05) is 18.2 Å². The highest BCUT2D eigenvalue weighted by Crippen LogP contribution is 2.36. The predicted molar refractivity (Wildman–Crippen MR) is 70.8 cm³/mol. The zero-order chi connectivity index (χ0) is 12.3. The summed E-state index contributed by atoms with van der Waals surface area (Å²) in [6.45, 7) is 0.728. The molecule has 0 bridgehead atoms. The fourth-order valence-corrected chi connectivity index (χ4v) is 5.41. The van der Waals surface area contributed by atoms with Crippen LogP contribution in [0.15, 0.2) is 0 Å². The van der Waals surface area contributed by atoms with E-state index < -0.39 is 10.0 Å². The molecule has 100 valence electrons. The molecular weight excluding hydrogens is 258 g/mol. The van der Waals surface area contributed by atoms with Crippen LogP contribution in [0.25, 0.3) is 0 Å². The average molecular weight is 280 g/mol. The summed E-state index contributed by atoms with van der Waals surface area (Å²) < 4.78 is 26.3. The van der Waals surface area contributed by atoms with Crippen LogP contribution in [-0.2, 0) is 10.0 Å². The molecule has 5 heteroatoms. The number of fused-ring (bicyclic) bond motifs is 1. The summed E-state index contributed by atoms with van der Waals surface area (Å²) in [4.78, 5) is 0.